The molecule has 4 nitrogen and oxygen atoms in total. The van der Waals surface area contributed by atoms with Gasteiger partial charge in [-0.1, -0.05) is 13.8 Å². The molecular formula is C15H26N2O2. The first-order chi connectivity index (χ1) is 9.09. The zero-order valence-corrected chi connectivity index (χ0v) is 12.5. The van der Waals surface area contributed by atoms with Crippen molar-refractivity contribution in [2.45, 2.75) is 40.2 Å². The summed E-state index contributed by atoms with van der Waals surface area (Å²) < 4.78 is 11.2. The van der Waals surface area contributed by atoms with E-state index in [1.54, 1.807) is 6.20 Å². The van der Waals surface area contributed by atoms with Gasteiger partial charge in [0.2, 0.25) is 5.88 Å². The monoisotopic (exact) mass is 266 g/mol. The number of hydrogen-bond donors (Lipinski definition) is 1. The van der Waals surface area contributed by atoms with Crippen LogP contribution in [0.4, 0.5) is 5.69 Å². The Kier molecular flexibility index (Phi) is 7.26. The highest BCUT2D eigenvalue weighted by Crippen LogP contribution is 2.21. The van der Waals surface area contributed by atoms with E-state index in [4.69, 9.17) is 9.47 Å². The minimum absolute atomic E-state index is 0.123. The van der Waals surface area contributed by atoms with Crippen molar-refractivity contribution >= 4 is 5.69 Å². The molecule has 0 aliphatic carbocycles. The van der Waals surface area contributed by atoms with Gasteiger partial charge in [-0.25, -0.2) is 4.98 Å². The van der Waals surface area contributed by atoms with Crippen molar-refractivity contribution in [2.75, 3.05) is 25.1 Å². The molecule has 0 aliphatic rings. The second kappa shape index (κ2) is 8.75. The molecule has 4 heteroatoms. The number of hydrogen-bond acceptors (Lipinski definition) is 4. The third kappa shape index (κ3) is 7.01. The fourth-order valence-electron chi connectivity index (χ4n) is 1.52. The first kappa shape index (κ1) is 15.8. The molecular weight excluding hydrogens is 240 g/mol. The lowest BCUT2D eigenvalue weighted by Gasteiger charge is -2.14. The van der Waals surface area contributed by atoms with Crippen LogP contribution >= 0.6 is 0 Å². The minimum Gasteiger partial charge on any atom is -0.473 e. The number of anilines is 1. The molecule has 108 valence electrons. The maximum atomic E-state index is 5.64. The van der Waals surface area contributed by atoms with Crippen LogP contribution in [0.1, 0.15) is 34.1 Å². The van der Waals surface area contributed by atoms with E-state index >= 15 is 0 Å². The minimum atomic E-state index is 0.123. The van der Waals surface area contributed by atoms with Gasteiger partial charge in [0.25, 0.3) is 0 Å². The zero-order chi connectivity index (χ0) is 14.1. The average molecular weight is 266 g/mol. The summed E-state index contributed by atoms with van der Waals surface area (Å²) in [5, 5.41) is 3.29. The van der Waals surface area contributed by atoms with Crippen LogP contribution in [0.2, 0.25) is 0 Å². The van der Waals surface area contributed by atoms with E-state index in [1.807, 2.05) is 26.0 Å². The molecule has 0 bridgehead atoms. The summed E-state index contributed by atoms with van der Waals surface area (Å²) in [6.07, 6.45) is 2.97. The third-order valence-corrected chi connectivity index (χ3v) is 2.52. The molecule has 0 radical (unpaired) electrons. The molecule has 0 aromatic carbocycles. The maximum Gasteiger partial charge on any atom is 0.237 e. The standard InChI is InChI=1S/C15H26N2O2/c1-12(2)7-10-18-11-9-16-14-6-5-8-17-15(14)19-13(3)4/h5-6,8,12-13,16H,7,9-11H2,1-4H3. The summed E-state index contributed by atoms with van der Waals surface area (Å²) in [6.45, 7) is 10.7. The van der Waals surface area contributed by atoms with Crippen molar-refractivity contribution in [1.82, 2.24) is 4.98 Å². The number of rotatable bonds is 9. The van der Waals surface area contributed by atoms with Gasteiger partial charge in [0, 0.05) is 19.3 Å². The highest BCUT2D eigenvalue weighted by molar-refractivity contribution is 5.51. The Labute approximate surface area is 116 Å². The predicted octanol–water partition coefficient (Wildman–Crippen LogP) is 3.34. The van der Waals surface area contributed by atoms with Crippen LogP contribution in [-0.2, 0) is 4.74 Å². The van der Waals surface area contributed by atoms with Crippen LogP contribution in [0.3, 0.4) is 0 Å². The first-order valence-corrected chi connectivity index (χ1v) is 7.03. The molecule has 0 unspecified atom stereocenters. The van der Waals surface area contributed by atoms with Crippen molar-refractivity contribution in [3.05, 3.63) is 18.3 Å². The number of aromatic nitrogens is 1. The SMILES string of the molecule is CC(C)CCOCCNc1cccnc1OC(C)C. The number of pyridine rings is 1. The van der Waals surface area contributed by atoms with Crippen LogP contribution in [-0.4, -0.2) is 30.8 Å². The van der Waals surface area contributed by atoms with Gasteiger partial charge in [0.1, 0.15) is 0 Å². The molecule has 1 N–H and O–H groups in total. The smallest absolute Gasteiger partial charge is 0.237 e. The van der Waals surface area contributed by atoms with E-state index in [1.165, 1.54) is 0 Å². The Morgan fingerprint density at radius 2 is 2.00 bits per heavy atom. The van der Waals surface area contributed by atoms with Crippen molar-refractivity contribution in [3.63, 3.8) is 0 Å². The highest BCUT2D eigenvalue weighted by Gasteiger charge is 2.05. The van der Waals surface area contributed by atoms with Crippen molar-refractivity contribution in [2.24, 2.45) is 5.92 Å². The Balaban J connectivity index is 2.28. The summed E-state index contributed by atoms with van der Waals surface area (Å²) in [5.74, 6) is 1.34. The van der Waals surface area contributed by atoms with E-state index in [0.29, 0.717) is 18.4 Å². The third-order valence-electron chi connectivity index (χ3n) is 2.52. The lowest BCUT2D eigenvalue weighted by molar-refractivity contribution is 0.132. The molecule has 1 heterocycles. The van der Waals surface area contributed by atoms with Crippen molar-refractivity contribution in [3.8, 4) is 5.88 Å². The summed E-state index contributed by atoms with van der Waals surface area (Å²) >= 11 is 0. The molecule has 1 aromatic rings. The molecule has 1 rings (SSSR count). The molecule has 0 fully saturated rings. The lowest BCUT2D eigenvalue weighted by Crippen LogP contribution is -2.13. The first-order valence-electron chi connectivity index (χ1n) is 7.03. The van der Waals surface area contributed by atoms with Gasteiger partial charge in [0.15, 0.2) is 0 Å². The quantitative estimate of drug-likeness (QED) is 0.696. The van der Waals surface area contributed by atoms with Gasteiger partial charge >= 0.3 is 0 Å². The molecule has 0 spiro atoms. The molecule has 0 atom stereocenters. The van der Waals surface area contributed by atoms with E-state index in [2.05, 4.69) is 24.1 Å². The number of nitrogens with zero attached hydrogens (tertiary/aromatic N) is 1. The summed E-state index contributed by atoms with van der Waals surface area (Å²) in [4.78, 5) is 4.23. The Bertz CT molecular complexity index is 354. The molecule has 0 amide bonds. The van der Waals surface area contributed by atoms with Crippen LogP contribution in [0.25, 0.3) is 0 Å². The second-order valence-electron chi connectivity index (χ2n) is 5.24. The number of nitrogens with one attached hydrogen (secondary N) is 1. The van der Waals surface area contributed by atoms with Gasteiger partial charge < -0.3 is 14.8 Å². The number of ether oxygens (including phenoxy) is 2. The molecule has 1 aromatic heterocycles. The van der Waals surface area contributed by atoms with Gasteiger partial charge in [-0.2, -0.15) is 0 Å². The summed E-state index contributed by atoms with van der Waals surface area (Å²) in [5.41, 5.74) is 0.920. The Morgan fingerprint density at radius 3 is 2.68 bits per heavy atom. The molecule has 19 heavy (non-hydrogen) atoms. The summed E-state index contributed by atoms with van der Waals surface area (Å²) in [6, 6.07) is 3.87. The van der Waals surface area contributed by atoms with Gasteiger partial charge in [-0.05, 0) is 38.3 Å². The van der Waals surface area contributed by atoms with E-state index in [9.17, 15) is 0 Å². The van der Waals surface area contributed by atoms with Crippen molar-refractivity contribution in [1.29, 1.82) is 0 Å². The van der Waals surface area contributed by atoms with Crippen LogP contribution < -0.4 is 10.1 Å². The normalized spacial score (nSPS) is 11.1. The molecule has 0 saturated carbocycles. The zero-order valence-electron chi connectivity index (χ0n) is 12.5. The van der Waals surface area contributed by atoms with Gasteiger partial charge in [-0.3, -0.25) is 0 Å². The largest absolute Gasteiger partial charge is 0.473 e. The second-order valence-corrected chi connectivity index (χ2v) is 5.24. The topological polar surface area (TPSA) is 43.4 Å². The highest BCUT2D eigenvalue weighted by atomic mass is 16.5. The summed E-state index contributed by atoms with van der Waals surface area (Å²) in [7, 11) is 0. The molecule has 0 saturated heterocycles. The van der Waals surface area contributed by atoms with E-state index < -0.39 is 0 Å². The molecule has 0 aliphatic heterocycles. The fourth-order valence-corrected chi connectivity index (χ4v) is 1.52. The van der Waals surface area contributed by atoms with Gasteiger partial charge in [-0.15, -0.1) is 0 Å². The predicted molar refractivity (Wildman–Crippen MR) is 78.8 cm³/mol. The van der Waals surface area contributed by atoms with E-state index in [0.717, 1.165) is 25.3 Å². The fraction of sp³-hybridized carbons (Fsp3) is 0.667. The van der Waals surface area contributed by atoms with Crippen LogP contribution in [0, 0.1) is 5.92 Å². The van der Waals surface area contributed by atoms with Crippen LogP contribution in [0.15, 0.2) is 18.3 Å². The van der Waals surface area contributed by atoms with Crippen molar-refractivity contribution < 1.29 is 9.47 Å². The lowest BCUT2D eigenvalue weighted by atomic mass is 10.1. The maximum absolute atomic E-state index is 5.64. The van der Waals surface area contributed by atoms with Crippen LogP contribution in [0.5, 0.6) is 5.88 Å². The van der Waals surface area contributed by atoms with E-state index in [-0.39, 0.29) is 6.10 Å². The average Bonchev–Trinajstić information content (AvgIpc) is 2.34. The Morgan fingerprint density at radius 1 is 1.21 bits per heavy atom. The Hall–Kier alpha value is -1.29. The van der Waals surface area contributed by atoms with Gasteiger partial charge in [0.05, 0.1) is 18.4 Å².